The highest BCUT2D eigenvalue weighted by Crippen LogP contribution is 2.54. The fraction of sp³-hybridized carbons (Fsp3) is 0.600. The Morgan fingerprint density at radius 2 is 1.87 bits per heavy atom. The largest absolute Gasteiger partial charge is 0.455 e. The summed E-state index contributed by atoms with van der Waals surface area (Å²) in [4.78, 5) is 59.8. The number of cyclic esters (lactones) is 1. The first-order valence-corrected chi connectivity index (χ1v) is 16.5. The number of fused-ring (bicyclic) bond motifs is 2. The zero-order valence-corrected chi connectivity index (χ0v) is 27.2. The molecule has 8 atom stereocenters. The lowest BCUT2D eigenvalue weighted by Crippen LogP contribution is -2.59. The van der Waals surface area contributed by atoms with E-state index < -0.39 is 59.6 Å². The van der Waals surface area contributed by atoms with Gasteiger partial charge >= 0.3 is 5.97 Å². The molecule has 1 aromatic rings. The summed E-state index contributed by atoms with van der Waals surface area (Å²) in [5, 5.41) is 13.5. The molecule has 0 aromatic heterocycles. The van der Waals surface area contributed by atoms with Crippen LogP contribution in [-0.4, -0.2) is 102 Å². The number of esters is 1. The van der Waals surface area contributed by atoms with Crippen molar-refractivity contribution >= 4 is 23.7 Å². The molecule has 2 N–H and O–H groups in total. The summed E-state index contributed by atoms with van der Waals surface area (Å²) >= 11 is 0. The number of benzene rings is 1. The van der Waals surface area contributed by atoms with E-state index in [1.54, 1.807) is 23.1 Å². The summed E-state index contributed by atoms with van der Waals surface area (Å²) < 4.78 is 18.5. The van der Waals surface area contributed by atoms with Gasteiger partial charge in [-0.15, -0.1) is 0 Å². The van der Waals surface area contributed by atoms with Gasteiger partial charge in [-0.1, -0.05) is 81.8 Å². The molecule has 3 amide bonds. The fourth-order valence-electron chi connectivity index (χ4n) is 7.40. The maximum atomic E-state index is 14.7. The molecule has 2 saturated heterocycles. The van der Waals surface area contributed by atoms with E-state index in [2.05, 4.69) is 12.2 Å². The second-order valence-electron chi connectivity index (χ2n) is 13.0. The molecule has 11 heteroatoms. The number of aliphatic hydroxyl groups excluding tert-OH is 1. The van der Waals surface area contributed by atoms with Crippen molar-refractivity contribution in [2.75, 3.05) is 33.4 Å². The molecule has 4 aliphatic rings. The summed E-state index contributed by atoms with van der Waals surface area (Å²) in [6.45, 7) is 6.44. The average molecular weight is 638 g/mol. The Kier molecular flexibility index (Phi) is 10.6. The monoisotopic (exact) mass is 637 g/mol. The second-order valence-corrected chi connectivity index (χ2v) is 13.0. The Labute approximate surface area is 270 Å². The minimum Gasteiger partial charge on any atom is -0.455 e. The zero-order chi connectivity index (χ0) is 33.0. The summed E-state index contributed by atoms with van der Waals surface area (Å²) in [6, 6.07) is 6.68. The first kappa shape index (κ1) is 33.8. The third-order valence-corrected chi connectivity index (χ3v) is 9.68. The Balaban J connectivity index is 1.63. The Morgan fingerprint density at radius 1 is 1.11 bits per heavy atom. The molecule has 0 radical (unpaired) electrons. The van der Waals surface area contributed by atoms with Crippen LogP contribution in [0.5, 0.6) is 0 Å². The van der Waals surface area contributed by atoms with Crippen molar-refractivity contribution in [3.8, 4) is 0 Å². The van der Waals surface area contributed by atoms with Crippen LogP contribution in [0.4, 0.5) is 0 Å². The van der Waals surface area contributed by atoms with Crippen LogP contribution in [0.15, 0.2) is 54.6 Å². The predicted octanol–water partition coefficient (Wildman–Crippen LogP) is 2.55. The molecule has 4 heterocycles. The quantitative estimate of drug-likeness (QED) is 0.312. The van der Waals surface area contributed by atoms with Gasteiger partial charge in [0.15, 0.2) is 0 Å². The lowest BCUT2D eigenvalue weighted by Gasteiger charge is -2.39. The topological polar surface area (TPSA) is 135 Å². The van der Waals surface area contributed by atoms with Crippen molar-refractivity contribution in [1.82, 2.24) is 15.1 Å². The van der Waals surface area contributed by atoms with E-state index in [1.807, 2.05) is 50.3 Å². The molecule has 0 unspecified atom stereocenters. The van der Waals surface area contributed by atoms with Crippen LogP contribution in [0.1, 0.15) is 58.1 Å². The smallest absolute Gasteiger partial charge is 0.313 e. The molecule has 5 rings (SSSR count). The van der Waals surface area contributed by atoms with Crippen LogP contribution in [0.2, 0.25) is 0 Å². The Hall–Kier alpha value is -3.54. The first-order chi connectivity index (χ1) is 22.2. The SMILES string of the molecule is CCCCN1CC=C[C@]23O[C@@H]4/C=C\CCC(=O)N[C@H](COC)[C@@H](c5ccccc5)OC(=O)[C@@H]4[C@H]2C(=O)N([C@@H](CO)C(C)C)[C@@H]3C1=O. The van der Waals surface area contributed by atoms with E-state index in [0.717, 1.165) is 12.8 Å². The van der Waals surface area contributed by atoms with Crippen LogP contribution >= 0.6 is 0 Å². The highest BCUT2D eigenvalue weighted by molar-refractivity contribution is 5.99. The average Bonchev–Trinajstić information content (AvgIpc) is 3.42. The van der Waals surface area contributed by atoms with Gasteiger partial charge in [0.2, 0.25) is 17.7 Å². The van der Waals surface area contributed by atoms with Gasteiger partial charge in [-0.3, -0.25) is 19.2 Å². The number of nitrogens with zero attached hydrogens (tertiary/aromatic N) is 2. The van der Waals surface area contributed by atoms with Crippen molar-refractivity contribution in [3.63, 3.8) is 0 Å². The van der Waals surface area contributed by atoms with Crippen molar-refractivity contribution in [1.29, 1.82) is 0 Å². The molecule has 0 saturated carbocycles. The number of rotatable bonds is 9. The summed E-state index contributed by atoms with van der Waals surface area (Å²) in [5.74, 6) is -3.92. The number of aliphatic hydroxyl groups is 1. The number of likely N-dealkylation sites (tertiary alicyclic amines) is 1. The van der Waals surface area contributed by atoms with E-state index >= 15 is 0 Å². The number of carbonyl (C=O) groups excluding carboxylic acids is 4. The van der Waals surface area contributed by atoms with E-state index in [9.17, 15) is 24.3 Å². The molecule has 0 aliphatic carbocycles. The van der Waals surface area contributed by atoms with Gasteiger partial charge < -0.3 is 34.4 Å². The van der Waals surface area contributed by atoms with Gasteiger partial charge in [-0.05, 0) is 24.3 Å². The Bertz CT molecular complexity index is 1330. The summed E-state index contributed by atoms with van der Waals surface area (Å²) in [7, 11) is 1.51. The second kappa shape index (κ2) is 14.5. The van der Waals surface area contributed by atoms with Gasteiger partial charge in [-0.25, -0.2) is 0 Å². The number of nitrogens with one attached hydrogen (secondary N) is 1. The van der Waals surface area contributed by atoms with Gasteiger partial charge in [0.1, 0.15) is 23.7 Å². The third kappa shape index (κ3) is 6.24. The van der Waals surface area contributed by atoms with Gasteiger partial charge in [0.05, 0.1) is 37.3 Å². The Morgan fingerprint density at radius 3 is 2.54 bits per heavy atom. The molecule has 1 aromatic carbocycles. The molecular weight excluding hydrogens is 590 g/mol. The lowest BCUT2D eigenvalue weighted by atomic mass is 9.77. The number of hydrogen-bond donors (Lipinski definition) is 2. The molecular formula is C35H47N3O8. The van der Waals surface area contributed by atoms with E-state index in [1.165, 1.54) is 12.0 Å². The number of carbonyl (C=O) groups is 4. The number of allylic oxidation sites excluding steroid dienone is 1. The van der Waals surface area contributed by atoms with Gasteiger partial charge in [0.25, 0.3) is 0 Å². The minimum absolute atomic E-state index is 0.0819. The minimum atomic E-state index is -1.46. The van der Waals surface area contributed by atoms with Crippen LogP contribution in [0.3, 0.4) is 0 Å². The number of ether oxygens (including phenoxy) is 3. The van der Waals surface area contributed by atoms with Crippen molar-refractivity contribution in [2.24, 2.45) is 17.8 Å². The van der Waals surface area contributed by atoms with Crippen molar-refractivity contribution < 1.29 is 38.5 Å². The molecule has 1 spiro atoms. The van der Waals surface area contributed by atoms with Crippen LogP contribution in [0, 0.1) is 17.8 Å². The highest BCUT2D eigenvalue weighted by Gasteiger charge is 2.72. The fourth-order valence-corrected chi connectivity index (χ4v) is 7.40. The summed E-state index contributed by atoms with van der Waals surface area (Å²) in [6.07, 6.45) is 7.58. The zero-order valence-electron chi connectivity index (χ0n) is 27.2. The van der Waals surface area contributed by atoms with Gasteiger partial charge in [-0.2, -0.15) is 0 Å². The first-order valence-electron chi connectivity index (χ1n) is 16.5. The number of hydrogen-bond acceptors (Lipinski definition) is 8. The van der Waals surface area contributed by atoms with Crippen molar-refractivity contribution in [2.45, 2.75) is 82.4 Å². The highest BCUT2D eigenvalue weighted by atomic mass is 16.6. The number of amides is 3. The summed E-state index contributed by atoms with van der Waals surface area (Å²) in [5.41, 5.74) is -0.803. The molecule has 4 aliphatic heterocycles. The van der Waals surface area contributed by atoms with E-state index in [-0.39, 0.29) is 37.4 Å². The predicted molar refractivity (Wildman–Crippen MR) is 169 cm³/mol. The molecule has 46 heavy (non-hydrogen) atoms. The van der Waals surface area contributed by atoms with Crippen LogP contribution in [0.25, 0.3) is 0 Å². The van der Waals surface area contributed by atoms with E-state index in [0.29, 0.717) is 25.1 Å². The third-order valence-electron chi connectivity index (χ3n) is 9.68. The molecule has 2 fully saturated rings. The van der Waals surface area contributed by atoms with Crippen LogP contribution in [-0.2, 0) is 33.4 Å². The maximum absolute atomic E-state index is 14.7. The molecule has 11 nitrogen and oxygen atoms in total. The van der Waals surface area contributed by atoms with Gasteiger partial charge in [0, 0.05) is 26.6 Å². The standard InChI is InChI=1S/C35H47N3O8/c1-5-6-18-37-19-12-17-35-29(32(41)38(31(35)33(37)42)25(20-39)22(2)3)28-26(46-35)15-10-11-16-27(40)36-24(21-44-4)30(45-34(28)43)23-13-8-7-9-14-23/h7-10,12-15,17,22,24-26,28-31,39H,5-6,11,16,18-21H2,1-4H3,(H,36,40)/b15-10-/t24-,25+,26-,28+,29+,30-,31-,35+/m1/s1. The van der Waals surface area contributed by atoms with E-state index in [4.69, 9.17) is 14.2 Å². The van der Waals surface area contributed by atoms with Crippen LogP contribution < -0.4 is 5.32 Å². The lowest BCUT2D eigenvalue weighted by molar-refractivity contribution is -0.163. The normalized spacial score (nSPS) is 32.9. The van der Waals surface area contributed by atoms with Crippen molar-refractivity contribution in [3.05, 3.63) is 60.2 Å². The molecule has 250 valence electrons. The number of methoxy groups -OCH3 is 1. The molecule has 0 bridgehead atoms. The number of unbranched alkanes of at least 4 members (excludes halogenated alkanes) is 1. The maximum Gasteiger partial charge on any atom is 0.313 e.